The van der Waals surface area contributed by atoms with E-state index in [1.807, 2.05) is 0 Å². The highest BCUT2D eigenvalue weighted by molar-refractivity contribution is 7.99. The maximum absolute atomic E-state index is 3.61. The van der Waals surface area contributed by atoms with Crippen LogP contribution in [0.15, 0.2) is 24.3 Å². The van der Waals surface area contributed by atoms with Crippen LogP contribution in [0.2, 0.25) is 0 Å². The Morgan fingerprint density at radius 1 is 1.33 bits per heavy atom. The van der Waals surface area contributed by atoms with Crippen LogP contribution in [0, 0.1) is 0 Å². The van der Waals surface area contributed by atoms with Crippen LogP contribution in [0.5, 0.6) is 0 Å². The second kappa shape index (κ2) is 5.04. The van der Waals surface area contributed by atoms with Crippen LogP contribution < -0.4 is 5.32 Å². The monoisotopic (exact) mass is 221 g/mol. The molecule has 1 saturated heterocycles. The molecule has 0 bridgehead atoms. The van der Waals surface area contributed by atoms with E-state index in [9.17, 15) is 0 Å². The number of nitrogens with one attached hydrogen (secondary N) is 1. The molecule has 1 aliphatic rings. The standard InChI is InChI=1S/C13H19NS/c1-10(2)11-5-3-4-6-12(11)13-9-15-8-7-14-13/h3-6,10,13-14H,7-9H2,1-2H3. The SMILES string of the molecule is CC(C)c1ccccc1C1CSCCN1. The molecule has 1 atom stereocenters. The molecular weight excluding hydrogens is 202 g/mol. The fourth-order valence-electron chi connectivity index (χ4n) is 2.12. The Morgan fingerprint density at radius 2 is 2.13 bits per heavy atom. The average Bonchev–Trinajstić information content (AvgIpc) is 2.30. The molecule has 0 radical (unpaired) electrons. The van der Waals surface area contributed by atoms with E-state index in [0.29, 0.717) is 12.0 Å². The lowest BCUT2D eigenvalue weighted by molar-refractivity contribution is 0.586. The normalized spacial score (nSPS) is 21.9. The minimum absolute atomic E-state index is 0.558. The molecule has 2 rings (SSSR count). The van der Waals surface area contributed by atoms with Gasteiger partial charge in [-0.2, -0.15) is 11.8 Å². The van der Waals surface area contributed by atoms with Gasteiger partial charge in [-0.1, -0.05) is 38.1 Å². The van der Waals surface area contributed by atoms with E-state index in [4.69, 9.17) is 0 Å². The first-order valence-corrected chi connectivity index (χ1v) is 6.84. The lowest BCUT2D eigenvalue weighted by Gasteiger charge is -2.26. The zero-order valence-electron chi connectivity index (χ0n) is 9.49. The van der Waals surface area contributed by atoms with Gasteiger partial charge in [0.25, 0.3) is 0 Å². The minimum Gasteiger partial charge on any atom is -0.308 e. The van der Waals surface area contributed by atoms with Crippen LogP contribution in [0.3, 0.4) is 0 Å². The number of benzene rings is 1. The summed E-state index contributed by atoms with van der Waals surface area (Å²) in [6, 6.07) is 9.40. The van der Waals surface area contributed by atoms with Crippen LogP contribution in [0.25, 0.3) is 0 Å². The van der Waals surface area contributed by atoms with Crippen molar-refractivity contribution in [1.29, 1.82) is 0 Å². The van der Waals surface area contributed by atoms with Gasteiger partial charge in [0.05, 0.1) is 0 Å². The lowest BCUT2D eigenvalue weighted by Crippen LogP contribution is -2.31. The second-order valence-electron chi connectivity index (χ2n) is 4.37. The molecule has 1 unspecified atom stereocenters. The molecule has 15 heavy (non-hydrogen) atoms. The largest absolute Gasteiger partial charge is 0.308 e. The summed E-state index contributed by atoms with van der Waals surface area (Å²) in [6.07, 6.45) is 0. The highest BCUT2D eigenvalue weighted by Gasteiger charge is 2.18. The Kier molecular flexibility index (Phi) is 3.71. The van der Waals surface area contributed by atoms with Crippen molar-refractivity contribution in [2.45, 2.75) is 25.8 Å². The summed E-state index contributed by atoms with van der Waals surface area (Å²) >= 11 is 2.06. The first-order valence-electron chi connectivity index (χ1n) is 5.69. The summed E-state index contributed by atoms with van der Waals surface area (Å²) in [6.45, 7) is 5.69. The lowest BCUT2D eigenvalue weighted by atomic mass is 9.93. The van der Waals surface area contributed by atoms with Crippen LogP contribution in [-0.2, 0) is 0 Å². The van der Waals surface area contributed by atoms with E-state index >= 15 is 0 Å². The summed E-state index contributed by atoms with van der Waals surface area (Å²) in [5.74, 6) is 3.08. The number of rotatable bonds is 2. The van der Waals surface area contributed by atoms with Crippen molar-refractivity contribution >= 4 is 11.8 Å². The van der Waals surface area contributed by atoms with Gasteiger partial charge in [-0.3, -0.25) is 0 Å². The Morgan fingerprint density at radius 3 is 2.80 bits per heavy atom. The van der Waals surface area contributed by atoms with Crippen molar-refractivity contribution < 1.29 is 0 Å². The second-order valence-corrected chi connectivity index (χ2v) is 5.52. The van der Waals surface area contributed by atoms with Crippen LogP contribution in [0.4, 0.5) is 0 Å². The van der Waals surface area contributed by atoms with Gasteiger partial charge in [-0.05, 0) is 17.0 Å². The predicted molar refractivity (Wildman–Crippen MR) is 68.6 cm³/mol. The zero-order valence-corrected chi connectivity index (χ0v) is 10.3. The summed E-state index contributed by atoms with van der Waals surface area (Å²) in [5, 5.41) is 3.61. The van der Waals surface area contributed by atoms with Crippen LogP contribution in [0.1, 0.15) is 36.9 Å². The van der Waals surface area contributed by atoms with Crippen LogP contribution in [-0.4, -0.2) is 18.1 Å². The Balaban J connectivity index is 2.25. The Labute approximate surface area is 96.7 Å². The Bertz CT molecular complexity index is 316. The smallest absolute Gasteiger partial charge is 0.0414 e. The molecule has 1 N–H and O–H groups in total. The third-order valence-corrected chi connectivity index (χ3v) is 3.98. The summed E-state index contributed by atoms with van der Waals surface area (Å²) < 4.78 is 0. The van der Waals surface area contributed by atoms with Gasteiger partial charge < -0.3 is 5.32 Å². The number of hydrogen-bond donors (Lipinski definition) is 1. The van der Waals surface area contributed by atoms with E-state index in [2.05, 4.69) is 55.2 Å². The number of thioether (sulfide) groups is 1. The fraction of sp³-hybridized carbons (Fsp3) is 0.538. The molecule has 1 nitrogen and oxygen atoms in total. The van der Waals surface area contributed by atoms with Gasteiger partial charge in [0.15, 0.2) is 0 Å². The molecule has 0 aliphatic carbocycles. The average molecular weight is 221 g/mol. The number of hydrogen-bond acceptors (Lipinski definition) is 2. The summed E-state index contributed by atoms with van der Waals surface area (Å²) in [5.41, 5.74) is 3.00. The molecule has 1 aromatic rings. The molecule has 2 heteroatoms. The van der Waals surface area contributed by atoms with Crippen molar-refractivity contribution in [2.75, 3.05) is 18.1 Å². The van der Waals surface area contributed by atoms with Gasteiger partial charge in [0.2, 0.25) is 0 Å². The van der Waals surface area contributed by atoms with Crippen LogP contribution >= 0.6 is 11.8 Å². The molecule has 1 fully saturated rings. The molecule has 0 amide bonds. The van der Waals surface area contributed by atoms with Gasteiger partial charge in [-0.15, -0.1) is 0 Å². The van der Waals surface area contributed by atoms with E-state index in [0.717, 1.165) is 6.54 Å². The molecule has 0 aromatic heterocycles. The van der Waals surface area contributed by atoms with Crippen molar-refractivity contribution in [3.8, 4) is 0 Å². The van der Waals surface area contributed by atoms with Gasteiger partial charge in [0.1, 0.15) is 0 Å². The van der Waals surface area contributed by atoms with E-state index in [-0.39, 0.29) is 0 Å². The van der Waals surface area contributed by atoms with Gasteiger partial charge in [0, 0.05) is 24.1 Å². The highest BCUT2D eigenvalue weighted by atomic mass is 32.2. The topological polar surface area (TPSA) is 12.0 Å². The maximum Gasteiger partial charge on any atom is 0.0414 e. The molecule has 1 aliphatic heterocycles. The minimum atomic E-state index is 0.558. The third kappa shape index (κ3) is 2.56. The van der Waals surface area contributed by atoms with E-state index in [1.54, 1.807) is 0 Å². The van der Waals surface area contributed by atoms with E-state index in [1.165, 1.54) is 22.6 Å². The molecule has 0 saturated carbocycles. The molecule has 1 heterocycles. The van der Waals surface area contributed by atoms with Gasteiger partial charge >= 0.3 is 0 Å². The quantitative estimate of drug-likeness (QED) is 0.823. The first-order chi connectivity index (χ1) is 7.29. The predicted octanol–water partition coefficient (Wildman–Crippen LogP) is 3.19. The first kappa shape index (κ1) is 11.0. The molecule has 82 valence electrons. The zero-order chi connectivity index (χ0) is 10.7. The maximum atomic E-state index is 3.61. The summed E-state index contributed by atoms with van der Waals surface area (Å²) in [4.78, 5) is 0. The van der Waals surface area contributed by atoms with Crippen molar-refractivity contribution in [3.05, 3.63) is 35.4 Å². The fourth-order valence-corrected chi connectivity index (χ4v) is 3.08. The van der Waals surface area contributed by atoms with Gasteiger partial charge in [-0.25, -0.2) is 0 Å². The third-order valence-electron chi connectivity index (χ3n) is 2.92. The van der Waals surface area contributed by atoms with Crippen molar-refractivity contribution in [1.82, 2.24) is 5.32 Å². The summed E-state index contributed by atoms with van der Waals surface area (Å²) in [7, 11) is 0. The molecular formula is C13H19NS. The molecule has 1 aromatic carbocycles. The van der Waals surface area contributed by atoms with E-state index < -0.39 is 0 Å². The van der Waals surface area contributed by atoms with Crippen molar-refractivity contribution in [2.24, 2.45) is 0 Å². The molecule has 0 spiro atoms. The highest BCUT2D eigenvalue weighted by Crippen LogP contribution is 2.28. The van der Waals surface area contributed by atoms with Crippen molar-refractivity contribution in [3.63, 3.8) is 0 Å². The Hall–Kier alpha value is -0.470.